The lowest BCUT2D eigenvalue weighted by Gasteiger charge is -2.44. The first kappa shape index (κ1) is 27.7. The average Bonchev–Trinajstić information content (AvgIpc) is 3.67. The van der Waals surface area contributed by atoms with Crippen LogP contribution in [0.5, 0.6) is 0 Å². The topological polar surface area (TPSA) is 95.7 Å². The number of rotatable bonds is 8. The maximum absolute atomic E-state index is 15.9. The highest BCUT2D eigenvalue weighted by Gasteiger charge is 2.65. The van der Waals surface area contributed by atoms with Crippen LogP contribution in [0.2, 0.25) is 10.0 Å². The van der Waals surface area contributed by atoms with Gasteiger partial charge in [-0.2, -0.15) is 0 Å². The highest BCUT2D eigenvalue weighted by Crippen LogP contribution is 2.60. The second kappa shape index (κ2) is 10.4. The van der Waals surface area contributed by atoms with Crippen LogP contribution in [0.1, 0.15) is 47.2 Å². The van der Waals surface area contributed by atoms with Crippen LogP contribution in [-0.2, 0) is 15.1 Å². The van der Waals surface area contributed by atoms with E-state index in [2.05, 4.69) is 10.2 Å². The van der Waals surface area contributed by atoms with E-state index in [1.807, 2.05) is 13.0 Å². The molecule has 2 heterocycles. The summed E-state index contributed by atoms with van der Waals surface area (Å²) in [5.74, 6) is -2.05. The summed E-state index contributed by atoms with van der Waals surface area (Å²) in [7, 11) is 0. The Labute approximate surface area is 247 Å². The van der Waals surface area contributed by atoms with Crippen molar-refractivity contribution in [3.8, 4) is 0 Å². The van der Waals surface area contributed by atoms with Crippen LogP contribution >= 0.6 is 23.2 Å². The molecule has 0 radical (unpaired) electrons. The quantitative estimate of drug-likeness (QED) is 0.334. The highest BCUT2D eigenvalue weighted by atomic mass is 35.5. The van der Waals surface area contributed by atoms with Crippen molar-refractivity contribution >= 4 is 52.8 Å². The number of primary amides is 1. The molecule has 3 N–H and O–H groups in total. The Balaban J connectivity index is 1.54. The number of halogens is 3. The number of hydrogen-bond acceptors (Lipinski definition) is 4. The van der Waals surface area contributed by atoms with Crippen molar-refractivity contribution in [1.29, 1.82) is 0 Å². The lowest BCUT2D eigenvalue weighted by atomic mass is 9.71. The van der Waals surface area contributed by atoms with Gasteiger partial charge in [-0.1, -0.05) is 41.4 Å². The summed E-state index contributed by atoms with van der Waals surface area (Å²) in [5, 5.41) is 3.21. The smallest absolute Gasteiger partial charge is 0.248 e. The number of benzene rings is 3. The minimum atomic E-state index is -0.892. The monoisotopic (exact) mass is 594 g/mol. The maximum Gasteiger partial charge on any atom is 0.248 e. The highest BCUT2D eigenvalue weighted by molar-refractivity contribution is 6.31. The van der Waals surface area contributed by atoms with E-state index >= 15 is 4.39 Å². The molecule has 7 nitrogen and oxygen atoms in total. The molecule has 0 aromatic heterocycles. The van der Waals surface area contributed by atoms with Crippen LogP contribution in [0.15, 0.2) is 60.7 Å². The fourth-order valence-corrected chi connectivity index (χ4v) is 7.28. The molecule has 3 aliphatic rings. The summed E-state index contributed by atoms with van der Waals surface area (Å²) in [6, 6.07) is 16.6. The van der Waals surface area contributed by atoms with Gasteiger partial charge in [0.1, 0.15) is 5.82 Å². The summed E-state index contributed by atoms with van der Waals surface area (Å²) < 4.78 is 15.9. The molecule has 4 atom stereocenters. The van der Waals surface area contributed by atoms with Crippen molar-refractivity contribution < 1.29 is 18.8 Å². The number of hydrogen-bond donors (Lipinski definition) is 2. The molecule has 10 heteroatoms. The minimum absolute atomic E-state index is 0.0197. The average molecular weight is 596 g/mol. The first-order valence-electron chi connectivity index (χ1n) is 13.6. The molecule has 1 aliphatic carbocycles. The standard InChI is InChI=1S/C31H29Cl2FN4O3/c1-31(22-12-9-19(32)13-24(22)36-16-39)27(21-3-2-4-23(33)28(21)34)26-25(38(31)14-17-5-6-17)15-37(30(26)41)20-10-7-18(8-11-20)29(35)40/h2-4,7-13,16-17,25-27H,5-6,14-15H2,1H3,(H2,35,40)(H,36,39)/t25-,26+,27-,31+/m0/s1. The van der Waals surface area contributed by atoms with Gasteiger partial charge in [-0.15, -0.1) is 0 Å². The molecular weight excluding hydrogens is 566 g/mol. The normalized spacial score (nSPS) is 25.8. The molecule has 212 valence electrons. The molecule has 3 aromatic rings. The van der Waals surface area contributed by atoms with E-state index in [0.29, 0.717) is 52.9 Å². The molecule has 0 unspecified atom stereocenters. The number of amides is 3. The number of anilines is 2. The van der Waals surface area contributed by atoms with Crippen LogP contribution in [-0.4, -0.2) is 42.3 Å². The van der Waals surface area contributed by atoms with E-state index in [9.17, 15) is 14.4 Å². The van der Waals surface area contributed by atoms with Gasteiger partial charge in [-0.05, 0) is 79.3 Å². The molecule has 3 fully saturated rings. The Morgan fingerprint density at radius 1 is 1.15 bits per heavy atom. The van der Waals surface area contributed by atoms with Crippen molar-refractivity contribution in [2.45, 2.75) is 37.3 Å². The van der Waals surface area contributed by atoms with E-state index in [1.54, 1.807) is 53.4 Å². The fraction of sp³-hybridized carbons (Fsp3) is 0.323. The van der Waals surface area contributed by atoms with Gasteiger partial charge in [-0.3, -0.25) is 19.3 Å². The van der Waals surface area contributed by atoms with Gasteiger partial charge in [0.25, 0.3) is 0 Å². The number of fused-ring (bicyclic) bond motifs is 1. The third-order valence-electron chi connectivity index (χ3n) is 8.97. The molecule has 2 saturated heterocycles. The van der Waals surface area contributed by atoms with E-state index in [4.69, 9.17) is 28.9 Å². The van der Waals surface area contributed by atoms with Gasteiger partial charge in [0.15, 0.2) is 0 Å². The molecule has 0 spiro atoms. The minimum Gasteiger partial charge on any atom is -0.366 e. The molecule has 0 bridgehead atoms. The molecule has 6 rings (SSSR count). The van der Waals surface area contributed by atoms with Gasteiger partial charge >= 0.3 is 0 Å². The fourth-order valence-electron chi connectivity index (χ4n) is 6.93. The van der Waals surface area contributed by atoms with E-state index in [0.717, 1.165) is 18.4 Å². The number of carbonyl (C=O) groups is 3. The molecular formula is C31H29Cl2FN4O3. The maximum atomic E-state index is 15.9. The number of nitrogens with two attached hydrogens (primary N) is 1. The third-order valence-corrected chi connectivity index (χ3v) is 9.50. The van der Waals surface area contributed by atoms with E-state index in [1.165, 1.54) is 6.07 Å². The molecule has 41 heavy (non-hydrogen) atoms. The van der Waals surface area contributed by atoms with Crippen LogP contribution in [0, 0.1) is 17.7 Å². The molecule has 3 amide bonds. The summed E-state index contributed by atoms with van der Waals surface area (Å²) in [4.78, 5) is 41.7. The molecule has 2 aliphatic heterocycles. The van der Waals surface area contributed by atoms with Crippen molar-refractivity contribution in [2.75, 3.05) is 23.3 Å². The zero-order valence-corrected chi connectivity index (χ0v) is 23.8. The summed E-state index contributed by atoms with van der Waals surface area (Å²) in [5.41, 5.74) is 7.12. The zero-order chi connectivity index (χ0) is 29.1. The van der Waals surface area contributed by atoms with Gasteiger partial charge < -0.3 is 16.0 Å². The Morgan fingerprint density at radius 3 is 2.54 bits per heavy atom. The zero-order valence-electron chi connectivity index (χ0n) is 22.3. The van der Waals surface area contributed by atoms with Crippen LogP contribution in [0.3, 0.4) is 0 Å². The van der Waals surface area contributed by atoms with Gasteiger partial charge in [0, 0.05) is 47.0 Å². The van der Waals surface area contributed by atoms with E-state index < -0.39 is 29.1 Å². The second-order valence-electron chi connectivity index (χ2n) is 11.3. The summed E-state index contributed by atoms with van der Waals surface area (Å²) in [6.45, 7) is 3.11. The third kappa shape index (κ3) is 4.58. The number of nitrogens with zero attached hydrogens (tertiary/aromatic N) is 2. The predicted octanol–water partition coefficient (Wildman–Crippen LogP) is 5.56. The lowest BCUT2D eigenvalue weighted by Crippen LogP contribution is -2.49. The van der Waals surface area contributed by atoms with Crippen LogP contribution in [0.25, 0.3) is 0 Å². The number of carbonyl (C=O) groups excluding carboxylic acids is 3. The lowest BCUT2D eigenvalue weighted by molar-refractivity contribution is -0.121. The Morgan fingerprint density at radius 2 is 1.88 bits per heavy atom. The van der Waals surface area contributed by atoms with Gasteiger partial charge in [0.05, 0.1) is 16.5 Å². The second-order valence-corrected chi connectivity index (χ2v) is 12.1. The largest absolute Gasteiger partial charge is 0.366 e. The van der Waals surface area contributed by atoms with Crippen molar-refractivity contribution in [2.24, 2.45) is 17.6 Å². The van der Waals surface area contributed by atoms with Crippen molar-refractivity contribution in [3.05, 3.63) is 93.2 Å². The number of likely N-dealkylation sites (tertiary alicyclic amines) is 1. The first-order chi connectivity index (χ1) is 19.6. The Kier molecular flexibility index (Phi) is 7.04. The van der Waals surface area contributed by atoms with E-state index in [-0.39, 0.29) is 17.0 Å². The van der Waals surface area contributed by atoms with Crippen LogP contribution in [0.4, 0.5) is 15.8 Å². The predicted molar refractivity (Wildman–Crippen MR) is 157 cm³/mol. The summed E-state index contributed by atoms with van der Waals surface area (Å²) >= 11 is 12.6. The first-order valence-corrected chi connectivity index (χ1v) is 14.3. The summed E-state index contributed by atoms with van der Waals surface area (Å²) in [6.07, 6.45) is 2.75. The Hall–Kier alpha value is -3.46. The number of nitrogens with one attached hydrogen (secondary N) is 1. The Bertz CT molecular complexity index is 1550. The molecule has 3 aromatic carbocycles. The SMILES string of the molecule is C[C@@]1(c2ccc(Cl)cc2NC=O)[C@@H](c2cccc(Cl)c2F)[C@@H]2C(=O)N(c3ccc(C(N)=O)cc3)C[C@@H]2N1CC1CC1. The van der Waals surface area contributed by atoms with Crippen LogP contribution < -0.4 is 16.0 Å². The molecule has 1 saturated carbocycles. The van der Waals surface area contributed by atoms with Crippen molar-refractivity contribution in [3.63, 3.8) is 0 Å². The van der Waals surface area contributed by atoms with Gasteiger partial charge in [-0.25, -0.2) is 4.39 Å². The van der Waals surface area contributed by atoms with Crippen molar-refractivity contribution in [1.82, 2.24) is 4.90 Å². The van der Waals surface area contributed by atoms with Gasteiger partial charge in [0.2, 0.25) is 18.2 Å².